The third-order valence-electron chi connectivity index (χ3n) is 3.81. The Morgan fingerprint density at radius 2 is 2.05 bits per heavy atom. The molecule has 108 valence electrons. The topological polar surface area (TPSA) is 43.1 Å². The van der Waals surface area contributed by atoms with Gasteiger partial charge in [-0.1, -0.05) is 56.7 Å². The zero-order valence-electron chi connectivity index (χ0n) is 11.1. The van der Waals surface area contributed by atoms with Crippen molar-refractivity contribution in [3.8, 4) is 0 Å². The number of allylic oxidation sites excluding steroid dienone is 1. The molecular weight excluding hydrogens is 386 g/mol. The molecule has 1 aliphatic rings. The van der Waals surface area contributed by atoms with E-state index in [1.165, 1.54) is 37.7 Å². The number of benzene rings is 1. The molecule has 0 unspecified atom stereocenters. The summed E-state index contributed by atoms with van der Waals surface area (Å²) in [5.74, 6) is 0.561. The molecule has 0 aromatic heterocycles. The molecule has 1 aliphatic carbocycles. The summed E-state index contributed by atoms with van der Waals surface area (Å²) in [6, 6.07) is 5.23. The van der Waals surface area contributed by atoms with Gasteiger partial charge in [-0.15, -0.1) is 0 Å². The van der Waals surface area contributed by atoms with Gasteiger partial charge in [0.05, 0.1) is 10.5 Å². The lowest BCUT2D eigenvalue weighted by molar-refractivity contribution is -0.385. The molecule has 1 fully saturated rings. The van der Waals surface area contributed by atoms with Crippen LogP contribution in [0.3, 0.4) is 0 Å². The van der Waals surface area contributed by atoms with Crippen molar-refractivity contribution < 1.29 is 4.92 Å². The van der Waals surface area contributed by atoms with Crippen LogP contribution in [0.15, 0.2) is 28.2 Å². The number of hydrogen-bond acceptors (Lipinski definition) is 2. The molecule has 1 aromatic carbocycles. The minimum atomic E-state index is -0.316. The maximum atomic E-state index is 11.2. The molecule has 0 saturated heterocycles. The lowest BCUT2D eigenvalue weighted by Gasteiger charge is -2.23. The van der Waals surface area contributed by atoms with E-state index in [1.54, 1.807) is 6.07 Å². The lowest BCUT2D eigenvalue weighted by atomic mass is 9.83. The molecule has 3 nitrogen and oxygen atoms in total. The van der Waals surface area contributed by atoms with Gasteiger partial charge in [-0.3, -0.25) is 10.1 Å². The van der Waals surface area contributed by atoms with Crippen molar-refractivity contribution in [2.45, 2.75) is 32.1 Å². The second-order valence-corrected chi connectivity index (χ2v) is 6.62. The third kappa shape index (κ3) is 3.92. The number of halogens is 2. The molecule has 0 bridgehead atoms. The van der Waals surface area contributed by atoms with Crippen molar-refractivity contribution in [1.29, 1.82) is 0 Å². The molecular formula is C15H17Br2NO2. The van der Waals surface area contributed by atoms with Gasteiger partial charge in [0, 0.05) is 15.9 Å². The van der Waals surface area contributed by atoms with E-state index in [1.807, 2.05) is 18.2 Å². The number of nitro groups is 1. The number of rotatable bonds is 4. The van der Waals surface area contributed by atoms with Crippen molar-refractivity contribution in [1.82, 2.24) is 0 Å². The first kappa shape index (κ1) is 15.7. The largest absolute Gasteiger partial charge is 0.277 e. The molecule has 1 saturated carbocycles. The van der Waals surface area contributed by atoms with E-state index in [9.17, 15) is 10.1 Å². The van der Waals surface area contributed by atoms with E-state index in [2.05, 4.69) is 31.9 Å². The summed E-state index contributed by atoms with van der Waals surface area (Å²) in [6.45, 7) is 0. The fourth-order valence-electron chi connectivity index (χ4n) is 2.74. The Morgan fingerprint density at radius 1 is 1.35 bits per heavy atom. The summed E-state index contributed by atoms with van der Waals surface area (Å²) in [6.07, 6.45) is 8.22. The average Bonchev–Trinajstić information content (AvgIpc) is 2.46. The molecule has 0 aliphatic heterocycles. The number of hydrogen-bond donors (Lipinski definition) is 0. The zero-order valence-corrected chi connectivity index (χ0v) is 14.3. The second-order valence-electron chi connectivity index (χ2n) is 5.15. The summed E-state index contributed by atoms with van der Waals surface area (Å²) in [5.41, 5.74) is 2.13. The van der Waals surface area contributed by atoms with E-state index in [0.29, 0.717) is 11.5 Å². The summed E-state index contributed by atoms with van der Waals surface area (Å²) >= 11 is 6.83. The van der Waals surface area contributed by atoms with Crippen LogP contribution in [-0.2, 0) is 0 Å². The Morgan fingerprint density at radius 3 is 2.65 bits per heavy atom. The van der Waals surface area contributed by atoms with E-state index < -0.39 is 0 Å². The van der Waals surface area contributed by atoms with Crippen LogP contribution in [0.25, 0.3) is 6.08 Å². The van der Waals surface area contributed by atoms with Gasteiger partial charge in [0.2, 0.25) is 0 Å². The highest BCUT2D eigenvalue weighted by Gasteiger charge is 2.19. The molecule has 0 spiro atoms. The highest BCUT2D eigenvalue weighted by atomic mass is 79.9. The average molecular weight is 403 g/mol. The van der Waals surface area contributed by atoms with E-state index >= 15 is 0 Å². The molecule has 1 aromatic rings. The SMILES string of the molecule is O=[N+]([O-])c1cc(Br)ccc1/C=C(/CBr)C1CCCCC1. The van der Waals surface area contributed by atoms with Crippen LogP contribution >= 0.6 is 31.9 Å². The first-order chi connectivity index (χ1) is 9.61. The van der Waals surface area contributed by atoms with Crippen LogP contribution in [0.2, 0.25) is 0 Å². The van der Waals surface area contributed by atoms with Gasteiger partial charge in [-0.05, 0) is 37.0 Å². The van der Waals surface area contributed by atoms with Gasteiger partial charge in [0.1, 0.15) is 0 Å². The molecule has 0 atom stereocenters. The molecule has 0 heterocycles. The van der Waals surface area contributed by atoms with Crippen LogP contribution in [0.4, 0.5) is 5.69 Å². The predicted molar refractivity (Wildman–Crippen MR) is 89.1 cm³/mol. The molecule has 0 N–H and O–H groups in total. The van der Waals surface area contributed by atoms with Gasteiger partial charge in [-0.2, -0.15) is 0 Å². The Hall–Kier alpha value is -0.680. The number of nitrogens with zero attached hydrogens (tertiary/aromatic N) is 1. The van der Waals surface area contributed by atoms with Crippen LogP contribution in [0, 0.1) is 16.0 Å². The Kier molecular flexibility index (Phi) is 5.78. The van der Waals surface area contributed by atoms with Crippen LogP contribution in [-0.4, -0.2) is 10.3 Å². The highest BCUT2D eigenvalue weighted by Crippen LogP contribution is 2.33. The predicted octanol–water partition coefficient (Wildman–Crippen LogP) is 5.72. The van der Waals surface area contributed by atoms with Gasteiger partial charge in [0.25, 0.3) is 5.69 Å². The normalized spacial score (nSPS) is 17.2. The van der Waals surface area contributed by atoms with Gasteiger partial charge >= 0.3 is 0 Å². The Balaban J connectivity index is 2.33. The number of nitro benzene ring substituents is 1. The van der Waals surface area contributed by atoms with E-state index in [0.717, 1.165) is 9.80 Å². The molecule has 0 amide bonds. The highest BCUT2D eigenvalue weighted by molar-refractivity contribution is 9.10. The van der Waals surface area contributed by atoms with Gasteiger partial charge in [-0.25, -0.2) is 0 Å². The van der Waals surface area contributed by atoms with Crippen molar-refractivity contribution in [2.24, 2.45) is 5.92 Å². The standard InChI is InChI=1S/C15H17Br2NO2/c16-10-13(11-4-2-1-3-5-11)8-12-6-7-14(17)9-15(12)18(19)20/h6-9,11H,1-5,10H2/b13-8-. The monoisotopic (exact) mass is 401 g/mol. The van der Waals surface area contributed by atoms with Crippen molar-refractivity contribution in [3.63, 3.8) is 0 Å². The van der Waals surface area contributed by atoms with Crippen LogP contribution < -0.4 is 0 Å². The van der Waals surface area contributed by atoms with E-state index in [4.69, 9.17) is 0 Å². The van der Waals surface area contributed by atoms with Gasteiger partial charge < -0.3 is 0 Å². The molecule has 2 rings (SSSR count). The van der Waals surface area contributed by atoms with E-state index in [-0.39, 0.29) is 10.6 Å². The second kappa shape index (κ2) is 7.36. The van der Waals surface area contributed by atoms with Gasteiger partial charge in [0.15, 0.2) is 0 Å². The first-order valence-corrected chi connectivity index (χ1v) is 8.73. The van der Waals surface area contributed by atoms with Crippen molar-refractivity contribution >= 4 is 43.6 Å². The fraction of sp³-hybridized carbons (Fsp3) is 0.467. The minimum Gasteiger partial charge on any atom is -0.258 e. The van der Waals surface area contributed by atoms with Crippen LogP contribution in [0.5, 0.6) is 0 Å². The zero-order chi connectivity index (χ0) is 14.5. The molecule has 5 heteroatoms. The summed E-state index contributed by atoms with van der Waals surface area (Å²) in [5, 5.41) is 11.9. The summed E-state index contributed by atoms with van der Waals surface area (Å²) in [7, 11) is 0. The number of alkyl halides is 1. The smallest absolute Gasteiger partial charge is 0.258 e. The Labute approximate surface area is 135 Å². The quantitative estimate of drug-likeness (QED) is 0.367. The summed E-state index contributed by atoms with van der Waals surface area (Å²) < 4.78 is 0.736. The maximum Gasteiger partial charge on any atom is 0.277 e. The fourth-order valence-corrected chi connectivity index (χ4v) is 3.70. The maximum absolute atomic E-state index is 11.2. The first-order valence-electron chi connectivity index (χ1n) is 6.82. The lowest BCUT2D eigenvalue weighted by Crippen LogP contribution is -2.10. The molecule has 0 radical (unpaired) electrons. The Bertz CT molecular complexity index is 523. The summed E-state index contributed by atoms with van der Waals surface area (Å²) in [4.78, 5) is 10.8. The molecule has 20 heavy (non-hydrogen) atoms. The van der Waals surface area contributed by atoms with Crippen molar-refractivity contribution in [2.75, 3.05) is 5.33 Å². The van der Waals surface area contributed by atoms with Crippen molar-refractivity contribution in [3.05, 3.63) is 43.9 Å². The third-order valence-corrected chi connectivity index (χ3v) is 4.95. The van der Waals surface area contributed by atoms with Crippen LogP contribution in [0.1, 0.15) is 37.7 Å². The minimum absolute atomic E-state index is 0.161.